The minimum absolute atomic E-state index is 0.383. The van der Waals surface area contributed by atoms with Crippen LogP contribution in [0.5, 0.6) is 0 Å². The zero-order valence-electron chi connectivity index (χ0n) is 17.4. The standard InChI is InChI=1S/C22H35N5O/c1-17-5-3-6-18(15-17)27-13-11-26(12-14-27)10-4-9-24-22(23-2)25-20-16-19-7-8-21(20)28-19/h3,5-6,15,19-21H,4,7-14,16H2,1-2H3,(H2,23,24,25). The van der Waals surface area contributed by atoms with Crippen LogP contribution in [0, 0.1) is 6.92 Å². The molecule has 3 heterocycles. The monoisotopic (exact) mass is 385 g/mol. The van der Waals surface area contributed by atoms with Gasteiger partial charge in [0.25, 0.3) is 0 Å². The van der Waals surface area contributed by atoms with E-state index in [1.54, 1.807) is 0 Å². The average molecular weight is 386 g/mol. The fraction of sp³-hybridized carbons (Fsp3) is 0.682. The molecule has 28 heavy (non-hydrogen) atoms. The van der Waals surface area contributed by atoms with Gasteiger partial charge in [-0.15, -0.1) is 0 Å². The Morgan fingerprint density at radius 3 is 2.75 bits per heavy atom. The quantitative estimate of drug-likeness (QED) is 0.446. The Morgan fingerprint density at radius 2 is 2.07 bits per heavy atom. The van der Waals surface area contributed by atoms with E-state index in [0.29, 0.717) is 18.2 Å². The van der Waals surface area contributed by atoms with E-state index in [0.717, 1.165) is 58.1 Å². The molecule has 0 aromatic heterocycles. The summed E-state index contributed by atoms with van der Waals surface area (Å²) >= 11 is 0. The molecule has 0 spiro atoms. The first kappa shape index (κ1) is 19.5. The lowest BCUT2D eigenvalue weighted by atomic mass is 9.96. The average Bonchev–Trinajstić information content (AvgIpc) is 3.34. The van der Waals surface area contributed by atoms with E-state index in [-0.39, 0.29) is 0 Å². The summed E-state index contributed by atoms with van der Waals surface area (Å²) in [5, 5.41) is 7.04. The number of ether oxygens (including phenoxy) is 1. The van der Waals surface area contributed by atoms with Crippen molar-refractivity contribution in [2.24, 2.45) is 4.99 Å². The van der Waals surface area contributed by atoms with Gasteiger partial charge in [0.1, 0.15) is 0 Å². The lowest BCUT2D eigenvalue weighted by Gasteiger charge is -2.36. The highest BCUT2D eigenvalue weighted by molar-refractivity contribution is 5.80. The molecule has 4 rings (SSSR count). The molecular weight excluding hydrogens is 350 g/mol. The number of guanidine groups is 1. The van der Waals surface area contributed by atoms with Crippen LogP contribution in [0.15, 0.2) is 29.3 Å². The predicted octanol–water partition coefficient (Wildman–Crippen LogP) is 1.99. The van der Waals surface area contributed by atoms with Crippen LogP contribution in [-0.2, 0) is 4.74 Å². The number of aryl methyl sites for hydroxylation is 1. The van der Waals surface area contributed by atoms with Gasteiger partial charge in [-0.2, -0.15) is 0 Å². The van der Waals surface area contributed by atoms with Crippen molar-refractivity contribution < 1.29 is 4.74 Å². The first-order valence-electron chi connectivity index (χ1n) is 10.9. The van der Waals surface area contributed by atoms with Gasteiger partial charge >= 0.3 is 0 Å². The summed E-state index contributed by atoms with van der Waals surface area (Å²) in [6.45, 7) is 8.78. The second kappa shape index (κ2) is 9.14. The first-order valence-corrected chi connectivity index (χ1v) is 10.9. The van der Waals surface area contributed by atoms with Gasteiger partial charge < -0.3 is 20.3 Å². The van der Waals surface area contributed by atoms with Gasteiger partial charge in [0, 0.05) is 45.5 Å². The van der Waals surface area contributed by atoms with Gasteiger partial charge in [-0.3, -0.25) is 9.89 Å². The van der Waals surface area contributed by atoms with Crippen LogP contribution in [0.3, 0.4) is 0 Å². The van der Waals surface area contributed by atoms with E-state index in [1.165, 1.54) is 24.1 Å². The van der Waals surface area contributed by atoms with Crippen molar-refractivity contribution in [3.63, 3.8) is 0 Å². The lowest BCUT2D eigenvalue weighted by Crippen LogP contribution is -2.49. The molecule has 3 unspecified atom stereocenters. The Hall–Kier alpha value is -1.79. The van der Waals surface area contributed by atoms with Crippen molar-refractivity contribution in [3.05, 3.63) is 29.8 Å². The van der Waals surface area contributed by atoms with Crippen molar-refractivity contribution in [1.29, 1.82) is 0 Å². The molecular formula is C22H35N5O. The lowest BCUT2D eigenvalue weighted by molar-refractivity contribution is 0.0992. The van der Waals surface area contributed by atoms with Gasteiger partial charge in [0.2, 0.25) is 0 Å². The second-order valence-corrected chi connectivity index (χ2v) is 8.38. The van der Waals surface area contributed by atoms with E-state index in [1.807, 2.05) is 7.05 Å². The molecule has 2 bridgehead atoms. The number of hydrogen-bond donors (Lipinski definition) is 2. The van der Waals surface area contributed by atoms with Crippen molar-refractivity contribution in [1.82, 2.24) is 15.5 Å². The third-order valence-corrected chi connectivity index (χ3v) is 6.33. The molecule has 2 N–H and O–H groups in total. The Kier molecular flexibility index (Phi) is 6.37. The van der Waals surface area contributed by atoms with Crippen LogP contribution in [0.1, 0.15) is 31.2 Å². The molecule has 0 amide bonds. The summed E-state index contributed by atoms with van der Waals surface area (Å²) in [7, 11) is 1.86. The number of anilines is 1. The van der Waals surface area contributed by atoms with E-state index < -0.39 is 0 Å². The van der Waals surface area contributed by atoms with Crippen molar-refractivity contribution in [2.75, 3.05) is 51.2 Å². The number of piperazine rings is 1. The first-order chi connectivity index (χ1) is 13.7. The molecule has 3 saturated heterocycles. The SMILES string of the molecule is CN=C(NCCCN1CCN(c2cccc(C)c2)CC1)NC1CC2CCC1O2. The maximum absolute atomic E-state index is 5.93. The van der Waals surface area contributed by atoms with Crippen LogP contribution in [0.2, 0.25) is 0 Å². The molecule has 0 aliphatic carbocycles. The summed E-state index contributed by atoms with van der Waals surface area (Å²) in [6.07, 6.45) is 5.53. The topological polar surface area (TPSA) is 52.1 Å². The number of nitrogens with zero attached hydrogens (tertiary/aromatic N) is 3. The minimum atomic E-state index is 0.383. The van der Waals surface area contributed by atoms with Crippen LogP contribution < -0.4 is 15.5 Å². The van der Waals surface area contributed by atoms with Gasteiger partial charge in [-0.25, -0.2) is 0 Å². The smallest absolute Gasteiger partial charge is 0.191 e. The fourth-order valence-corrected chi connectivity index (χ4v) is 4.72. The third kappa shape index (κ3) is 4.78. The molecule has 1 aromatic rings. The fourth-order valence-electron chi connectivity index (χ4n) is 4.72. The Balaban J connectivity index is 1.12. The summed E-state index contributed by atoms with van der Waals surface area (Å²) in [5.41, 5.74) is 2.70. The highest BCUT2D eigenvalue weighted by Crippen LogP contribution is 2.34. The largest absolute Gasteiger partial charge is 0.373 e. The van der Waals surface area contributed by atoms with Crippen molar-refractivity contribution >= 4 is 11.6 Å². The molecule has 0 saturated carbocycles. The minimum Gasteiger partial charge on any atom is -0.373 e. The van der Waals surface area contributed by atoms with Gasteiger partial charge in [0.15, 0.2) is 5.96 Å². The maximum atomic E-state index is 5.93. The van der Waals surface area contributed by atoms with Crippen LogP contribution in [0.4, 0.5) is 5.69 Å². The Morgan fingerprint density at radius 1 is 1.21 bits per heavy atom. The molecule has 3 aliphatic rings. The number of aliphatic imine (C=N–C) groups is 1. The Bertz CT molecular complexity index is 671. The van der Waals surface area contributed by atoms with Gasteiger partial charge in [-0.1, -0.05) is 12.1 Å². The molecule has 6 heteroatoms. The summed E-state index contributed by atoms with van der Waals surface area (Å²) in [4.78, 5) is 9.47. The van der Waals surface area contributed by atoms with E-state index >= 15 is 0 Å². The number of fused-ring (bicyclic) bond motifs is 2. The molecule has 6 nitrogen and oxygen atoms in total. The third-order valence-electron chi connectivity index (χ3n) is 6.33. The molecule has 3 fully saturated rings. The highest BCUT2D eigenvalue weighted by Gasteiger charge is 2.41. The number of rotatable bonds is 6. The van der Waals surface area contributed by atoms with Crippen LogP contribution in [0.25, 0.3) is 0 Å². The van der Waals surface area contributed by atoms with E-state index in [4.69, 9.17) is 4.74 Å². The van der Waals surface area contributed by atoms with E-state index in [2.05, 4.69) is 56.6 Å². The summed E-state index contributed by atoms with van der Waals surface area (Å²) in [6, 6.07) is 9.28. The van der Waals surface area contributed by atoms with E-state index in [9.17, 15) is 0 Å². The summed E-state index contributed by atoms with van der Waals surface area (Å²) < 4.78 is 5.93. The van der Waals surface area contributed by atoms with Gasteiger partial charge in [-0.05, 0) is 56.8 Å². The zero-order valence-corrected chi connectivity index (χ0v) is 17.4. The number of benzene rings is 1. The van der Waals surface area contributed by atoms with Crippen LogP contribution in [-0.4, -0.2) is 75.4 Å². The normalized spacial score (nSPS) is 28.0. The van der Waals surface area contributed by atoms with Crippen molar-refractivity contribution in [3.8, 4) is 0 Å². The Labute approximate surface area is 169 Å². The van der Waals surface area contributed by atoms with Crippen molar-refractivity contribution in [2.45, 2.75) is 50.9 Å². The molecule has 3 atom stereocenters. The number of nitrogens with one attached hydrogen (secondary N) is 2. The summed E-state index contributed by atoms with van der Waals surface area (Å²) in [5.74, 6) is 0.922. The second-order valence-electron chi connectivity index (χ2n) is 8.38. The molecule has 154 valence electrons. The van der Waals surface area contributed by atoms with Crippen LogP contribution >= 0.6 is 0 Å². The zero-order chi connectivity index (χ0) is 19.3. The maximum Gasteiger partial charge on any atom is 0.191 e. The highest BCUT2D eigenvalue weighted by atomic mass is 16.5. The molecule has 0 radical (unpaired) electrons. The van der Waals surface area contributed by atoms with Gasteiger partial charge in [0.05, 0.1) is 18.2 Å². The number of hydrogen-bond acceptors (Lipinski definition) is 4. The predicted molar refractivity (Wildman–Crippen MR) is 115 cm³/mol. The molecule has 3 aliphatic heterocycles. The molecule has 1 aromatic carbocycles.